The number of ether oxygens (including phenoxy) is 4. The minimum atomic E-state index is -0.332. The average molecular weight is 296 g/mol. The standard InChI is InChI=1S/C16H24O5/c1-10(17)19-11-7-12(15-13(8-11)20-15)14-9-18-16(21-14)5-3-2-4-6-16/h11-15H,2-9H2,1H3/t11?,12?,13-,14-,15?/m1/s1. The van der Waals surface area contributed by atoms with Gasteiger partial charge >= 0.3 is 5.97 Å². The Bertz CT molecular complexity index is 417. The Balaban J connectivity index is 1.40. The minimum absolute atomic E-state index is 0.0252. The first-order valence-corrected chi connectivity index (χ1v) is 8.30. The van der Waals surface area contributed by atoms with Crippen molar-refractivity contribution in [3.63, 3.8) is 0 Å². The van der Waals surface area contributed by atoms with Crippen LogP contribution in [0.5, 0.6) is 0 Å². The summed E-state index contributed by atoms with van der Waals surface area (Å²) in [5.74, 6) is -0.235. The maximum absolute atomic E-state index is 11.2. The molecule has 0 N–H and O–H groups in total. The van der Waals surface area contributed by atoms with Crippen molar-refractivity contribution in [2.24, 2.45) is 5.92 Å². The fourth-order valence-electron chi connectivity index (χ4n) is 4.35. The molecule has 5 heteroatoms. The highest BCUT2D eigenvalue weighted by Crippen LogP contribution is 2.48. The normalized spacial score (nSPS) is 44.3. The van der Waals surface area contributed by atoms with Crippen molar-refractivity contribution in [3.8, 4) is 0 Å². The predicted molar refractivity (Wildman–Crippen MR) is 73.6 cm³/mol. The Morgan fingerprint density at radius 2 is 1.95 bits per heavy atom. The molecule has 5 nitrogen and oxygen atoms in total. The van der Waals surface area contributed by atoms with Crippen LogP contribution in [0.3, 0.4) is 0 Å². The van der Waals surface area contributed by atoms with Crippen molar-refractivity contribution in [3.05, 3.63) is 0 Å². The van der Waals surface area contributed by atoms with Crippen LogP contribution >= 0.6 is 0 Å². The summed E-state index contributed by atoms with van der Waals surface area (Å²) in [7, 11) is 0. The highest BCUT2D eigenvalue weighted by atomic mass is 16.7. The third-order valence-electron chi connectivity index (χ3n) is 5.38. The van der Waals surface area contributed by atoms with Crippen LogP contribution in [0, 0.1) is 5.92 Å². The fourth-order valence-corrected chi connectivity index (χ4v) is 4.35. The third kappa shape index (κ3) is 2.71. The summed E-state index contributed by atoms with van der Waals surface area (Å²) in [6.45, 7) is 2.13. The third-order valence-corrected chi connectivity index (χ3v) is 5.38. The van der Waals surface area contributed by atoms with Crippen molar-refractivity contribution >= 4 is 5.97 Å². The van der Waals surface area contributed by atoms with Gasteiger partial charge in [0.1, 0.15) is 6.10 Å². The Morgan fingerprint density at radius 1 is 1.14 bits per heavy atom. The summed E-state index contributed by atoms with van der Waals surface area (Å²) in [5, 5.41) is 0. The number of epoxide rings is 1. The number of esters is 1. The van der Waals surface area contributed by atoms with E-state index in [0.717, 1.165) is 25.7 Å². The van der Waals surface area contributed by atoms with Gasteiger partial charge in [-0.25, -0.2) is 0 Å². The first-order valence-electron chi connectivity index (χ1n) is 8.30. The van der Waals surface area contributed by atoms with Crippen LogP contribution in [-0.2, 0) is 23.7 Å². The summed E-state index contributed by atoms with van der Waals surface area (Å²) in [6, 6.07) is 0. The summed E-state index contributed by atoms with van der Waals surface area (Å²) < 4.78 is 23.5. The van der Waals surface area contributed by atoms with Gasteiger partial charge in [-0.05, 0) is 19.3 Å². The molecule has 4 fully saturated rings. The van der Waals surface area contributed by atoms with Gasteiger partial charge in [0, 0.05) is 32.1 Å². The molecule has 2 aliphatic carbocycles. The number of hydrogen-bond donors (Lipinski definition) is 0. The molecule has 2 saturated carbocycles. The number of hydrogen-bond acceptors (Lipinski definition) is 5. The average Bonchev–Trinajstić information content (AvgIpc) is 3.13. The zero-order valence-corrected chi connectivity index (χ0v) is 12.6. The second-order valence-corrected chi connectivity index (χ2v) is 6.94. The molecule has 0 bridgehead atoms. The molecule has 0 radical (unpaired) electrons. The molecule has 2 heterocycles. The number of carbonyl (C=O) groups is 1. The van der Waals surface area contributed by atoms with E-state index >= 15 is 0 Å². The van der Waals surface area contributed by atoms with Gasteiger partial charge in [-0.1, -0.05) is 6.42 Å². The van der Waals surface area contributed by atoms with Gasteiger partial charge < -0.3 is 18.9 Å². The molecule has 118 valence electrons. The van der Waals surface area contributed by atoms with E-state index in [1.165, 1.54) is 26.2 Å². The van der Waals surface area contributed by atoms with Crippen LogP contribution in [-0.4, -0.2) is 42.8 Å². The van der Waals surface area contributed by atoms with Gasteiger partial charge in [0.15, 0.2) is 5.79 Å². The molecule has 1 spiro atoms. The van der Waals surface area contributed by atoms with E-state index in [9.17, 15) is 4.79 Å². The van der Waals surface area contributed by atoms with Crippen LogP contribution in [0.25, 0.3) is 0 Å². The van der Waals surface area contributed by atoms with Gasteiger partial charge in [0.05, 0.1) is 24.9 Å². The lowest BCUT2D eigenvalue weighted by Gasteiger charge is -2.34. The second kappa shape index (κ2) is 5.21. The van der Waals surface area contributed by atoms with Crippen molar-refractivity contribution < 1.29 is 23.7 Å². The van der Waals surface area contributed by atoms with Gasteiger partial charge in [0.2, 0.25) is 0 Å². The van der Waals surface area contributed by atoms with E-state index < -0.39 is 0 Å². The van der Waals surface area contributed by atoms with Crippen molar-refractivity contribution in [2.45, 2.75) is 82.1 Å². The molecular weight excluding hydrogens is 272 g/mol. The first-order chi connectivity index (χ1) is 10.2. The highest BCUT2D eigenvalue weighted by molar-refractivity contribution is 5.66. The maximum Gasteiger partial charge on any atom is 0.302 e. The lowest BCUT2D eigenvalue weighted by molar-refractivity contribution is -0.194. The maximum atomic E-state index is 11.2. The molecule has 4 rings (SSSR count). The van der Waals surface area contributed by atoms with E-state index in [4.69, 9.17) is 18.9 Å². The first kappa shape index (κ1) is 14.0. The van der Waals surface area contributed by atoms with Crippen LogP contribution in [0.2, 0.25) is 0 Å². The minimum Gasteiger partial charge on any atom is -0.462 e. The van der Waals surface area contributed by atoms with Gasteiger partial charge in [-0.2, -0.15) is 0 Å². The van der Waals surface area contributed by atoms with Crippen LogP contribution < -0.4 is 0 Å². The largest absolute Gasteiger partial charge is 0.462 e. The molecule has 0 aromatic rings. The van der Waals surface area contributed by atoms with Crippen LogP contribution in [0.15, 0.2) is 0 Å². The topological polar surface area (TPSA) is 57.3 Å². The molecule has 3 unspecified atom stereocenters. The van der Waals surface area contributed by atoms with E-state index in [-0.39, 0.29) is 36.2 Å². The molecule has 2 saturated heterocycles. The van der Waals surface area contributed by atoms with Crippen LogP contribution in [0.1, 0.15) is 51.9 Å². The van der Waals surface area contributed by atoms with Crippen molar-refractivity contribution in [1.82, 2.24) is 0 Å². The van der Waals surface area contributed by atoms with Gasteiger partial charge in [-0.15, -0.1) is 0 Å². The highest BCUT2D eigenvalue weighted by Gasteiger charge is 2.57. The van der Waals surface area contributed by atoms with Gasteiger partial charge in [-0.3, -0.25) is 4.79 Å². The Hall–Kier alpha value is -0.650. The fraction of sp³-hybridized carbons (Fsp3) is 0.938. The smallest absolute Gasteiger partial charge is 0.302 e. The molecule has 21 heavy (non-hydrogen) atoms. The lowest BCUT2D eigenvalue weighted by atomic mass is 9.83. The predicted octanol–water partition coefficient (Wildman–Crippen LogP) is 2.17. The van der Waals surface area contributed by atoms with Crippen LogP contribution in [0.4, 0.5) is 0 Å². The molecule has 0 amide bonds. The molecule has 0 aromatic carbocycles. The van der Waals surface area contributed by atoms with Gasteiger partial charge in [0.25, 0.3) is 0 Å². The monoisotopic (exact) mass is 296 g/mol. The second-order valence-electron chi connectivity index (χ2n) is 6.94. The summed E-state index contributed by atoms with van der Waals surface area (Å²) >= 11 is 0. The number of rotatable bonds is 2. The summed E-state index contributed by atoms with van der Waals surface area (Å²) in [4.78, 5) is 11.2. The zero-order chi connectivity index (χ0) is 14.4. The van der Waals surface area contributed by atoms with Crippen molar-refractivity contribution in [1.29, 1.82) is 0 Å². The zero-order valence-electron chi connectivity index (χ0n) is 12.6. The Morgan fingerprint density at radius 3 is 2.71 bits per heavy atom. The molecule has 2 aliphatic heterocycles. The SMILES string of the molecule is CC(=O)OC1CC([C@H]2COC3(CCCCC3)O2)C2O[C@@H]2C1. The Kier molecular flexibility index (Phi) is 3.47. The van der Waals surface area contributed by atoms with E-state index in [2.05, 4.69) is 0 Å². The van der Waals surface area contributed by atoms with E-state index in [1.54, 1.807) is 0 Å². The Labute approximate surface area is 125 Å². The summed E-state index contributed by atoms with van der Waals surface area (Å²) in [5.41, 5.74) is 0. The molecule has 4 aliphatic rings. The van der Waals surface area contributed by atoms with E-state index in [0.29, 0.717) is 12.5 Å². The molecule has 0 aromatic heterocycles. The van der Waals surface area contributed by atoms with Crippen molar-refractivity contribution in [2.75, 3.05) is 6.61 Å². The lowest BCUT2D eigenvalue weighted by Crippen LogP contribution is -2.39. The quantitative estimate of drug-likeness (QED) is 0.577. The molecule has 5 atom stereocenters. The number of carbonyl (C=O) groups excluding carboxylic acids is 1. The molecular formula is C16H24O5. The number of fused-ring (bicyclic) bond motifs is 1. The van der Waals surface area contributed by atoms with E-state index in [1.807, 2.05) is 0 Å². The summed E-state index contributed by atoms with van der Waals surface area (Å²) in [6.07, 6.45) is 7.96.